The predicted octanol–water partition coefficient (Wildman–Crippen LogP) is 6.97. The summed E-state index contributed by atoms with van der Waals surface area (Å²) in [6.07, 6.45) is 0. The number of hydrogen-bond donors (Lipinski definition) is 1. The Morgan fingerprint density at radius 3 is 1.70 bits per heavy atom. The molecular weight excluding hydrogens is 523 g/mol. The summed E-state index contributed by atoms with van der Waals surface area (Å²) in [5, 5.41) is 1.50. The number of halogens is 2. The molecular formula is C24H19Br2N2OP. The first kappa shape index (κ1) is 20.9. The van der Waals surface area contributed by atoms with Gasteiger partial charge in [-0.05, 0) is 60.7 Å². The largest absolute Gasteiger partial charge is 0.292 e. The minimum absolute atomic E-state index is 0.749. The Kier molecular flexibility index (Phi) is 6.43. The van der Waals surface area contributed by atoms with Crippen LogP contribution in [-0.2, 0) is 4.57 Å². The van der Waals surface area contributed by atoms with Gasteiger partial charge in [-0.1, -0.05) is 80.4 Å². The molecule has 0 fully saturated rings. The summed E-state index contributed by atoms with van der Waals surface area (Å²) >= 11 is 7.08. The number of nitrogens with one attached hydrogen (secondary N) is 1. The number of hydrogen-bond acceptors (Lipinski definition) is 2. The number of nitrogens with zero attached hydrogens (tertiary/aromatic N) is 1. The molecule has 6 heteroatoms. The van der Waals surface area contributed by atoms with Crippen LogP contribution in [0, 0.1) is 0 Å². The van der Waals surface area contributed by atoms with E-state index in [9.17, 15) is 4.57 Å². The van der Waals surface area contributed by atoms with Crippen LogP contribution in [0.15, 0.2) is 118 Å². The molecule has 1 N–H and O–H groups in total. The summed E-state index contributed by atoms with van der Waals surface area (Å²) < 4.78 is 18.6. The van der Waals surface area contributed by atoms with E-state index < -0.39 is 7.29 Å². The lowest BCUT2D eigenvalue weighted by molar-refractivity contribution is 0.586. The van der Waals surface area contributed by atoms with Gasteiger partial charge in [0.05, 0.1) is 11.4 Å². The van der Waals surface area contributed by atoms with Gasteiger partial charge < -0.3 is 0 Å². The van der Waals surface area contributed by atoms with E-state index >= 15 is 0 Å². The highest BCUT2D eigenvalue weighted by Crippen LogP contribution is 2.50. The number of benzene rings is 4. The van der Waals surface area contributed by atoms with Gasteiger partial charge in [0.15, 0.2) is 0 Å². The summed E-state index contributed by atoms with van der Waals surface area (Å²) in [4.78, 5) is 0. The molecule has 4 rings (SSSR count). The number of rotatable bonds is 6. The average Bonchev–Trinajstić information content (AvgIpc) is 2.78. The van der Waals surface area contributed by atoms with E-state index in [0.717, 1.165) is 30.9 Å². The second-order valence-electron chi connectivity index (χ2n) is 6.66. The molecule has 0 radical (unpaired) electrons. The van der Waals surface area contributed by atoms with E-state index in [4.69, 9.17) is 0 Å². The van der Waals surface area contributed by atoms with E-state index in [1.54, 1.807) is 4.78 Å². The van der Waals surface area contributed by atoms with E-state index in [1.807, 2.05) is 109 Å². The molecule has 0 amide bonds. The van der Waals surface area contributed by atoms with Crippen molar-refractivity contribution in [2.45, 2.75) is 0 Å². The molecule has 150 valence electrons. The monoisotopic (exact) mass is 540 g/mol. The maximum absolute atomic E-state index is 15.0. The molecule has 0 bridgehead atoms. The van der Waals surface area contributed by atoms with Crippen molar-refractivity contribution in [1.29, 1.82) is 0 Å². The van der Waals surface area contributed by atoms with Crippen molar-refractivity contribution in [2.75, 3.05) is 10.2 Å². The fourth-order valence-electron chi connectivity index (χ4n) is 3.23. The van der Waals surface area contributed by atoms with Crippen LogP contribution in [0.2, 0.25) is 0 Å². The van der Waals surface area contributed by atoms with Gasteiger partial charge in [0.25, 0.3) is 0 Å². The Hall–Kier alpha value is -2.33. The molecule has 0 spiro atoms. The Labute approximate surface area is 193 Å². The summed E-state index contributed by atoms with van der Waals surface area (Å²) in [7, 11) is -3.27. The fraction of sp³-hybridized carbons (Fsp3) is 0. The van der Waals surface area contributed by atoms with E-state index in [0.29, 0.717) is 0 Å². The van der Waals surface area contributed by atoms with Crippen LogP contribution in [0.25, 0.3) is 0 Å². The van der Waals surface area contributed by atoms with Gasteiger partial charge in [-0.25, -0.2) is 4.78 Å². The first-order valence-corrected chi connectivity index (χ1v) is 12.6. The molecule has 0 saturated carbocycles. The molecule has 4 aromatic rings. The molecule has 0 aliphatic heterocycles. The summed E-state index contributed by atoms with van der Waals surface area (Å²) in [5.41, 5.74) is 5.04. The van der Waals surface area contributed by atoms with Gasteiger partial charge in [-0.3, -0.25) is 9.99 Å². The van der Waals surface area contributed by atoms with Crippen molar-refractivity contribution in [3.05, 3.63) is 118 Å². The maximum atomic E-state index is 15.0. The van der Waals surface area contributed by atoms with Gasteiger partial charge in [0, 0.05) is 19.6 Å². The highest BCUT2D eigenvalue weighted by molar-refractivity contribution is 9.10. The lowest BCUT2D eigenvalue weighted by atomic mass is 10.3. The Bertz CT molecular complexity index is 1140. The predicted molar refractivity (Wildman–Crippen MR) is 134 cm³/mol. The molecule has 0 aromatic heterocycles. The maximum Gasteiger partial charge on any atom is 0.247 e. The molecule has 3 nitrogen and oxygen atoms in total. The van der Waals surface area contributed by atoms with Crippen molar-refractivity contribution in [3.8, 4) is 0 Å². The van der Waals surface area contributed by atoms with Crippen LogP contribution in [-0.4, -0.2) is 0 Å². The summed E-state index contributed by atoms with van der Waals surface area (Å²) in [6, 6.07) is 34.9. The van der Waals surface area contributed by atoms with E-state index in [2.05, 4.69) is 37.3 Å². The van der Waals surface area contributed by atoms with Crippen molar-refractivity contribution >= 4 is 61.1 Å². The van der Waals surface area contributed by atoms with Crippen LogP contribution in [0.1, 0.15) is 0 Å². The minimum Gasteiger partial charge on any atom is -0.292 e. The zero-order chi connectivity index (χ0) is 21.0. The highest BCUT2D eigenvalue weighted by atomic mass is 79.9. The molecule has 0 aliphatic rings. The third-order valence-electron chi connectivity index (χ3n) is 4.61. The fourth-order valence-corrected chi connectivity index (χ4v) is 6.63. The first-order valence-electron chi connectivity index (χ1n) is 9.37. The lowest BCUT2D eigenvalue weighted by Crippen LogP contribution is -2.36. The number of hydrazine groups is 1. The smallest absolute Gasteiger partial charge is 0.247 e. The van der Waals surface area contributed by atoms with Crippen molar-refractivity contribution in [1.82, 2.24) is 0 Å². The van der Waals surface area contributed by atoms with Crippen molar-refractivity contribution in [2.24, 2.45) is 0 Å². The van der Waals surface area contributed by atoms with Gasteiger partial charge in [-0.2, -0.15) is 0 Å². The normalized spacial score (nSPS) is 11.1. The zero-order valence-corrected chi connectivity index (χ0v) is 20.0. The van der Waals surface area contributed by atoms with Crippen LogP contribution < -0.4 is 20.8 Å². The van der Waals surface area contributed by atoms with E-state index in [-0.39, 0.29) is 0 Å². The Morgan fingerprint density at radius 1 is 0.633 bits per heavy atom. The molecule has 4 aromatic carbocycles. The molecule has 0 heterocycles. The highest BCUT2D eigenvalue weighted by Gasteiger charge is 2.35. The summed E-state index contributed by atoms with van der Waals surface area (Å²) in [5.74, 6) is 0. The average molecular weight is 542 g/mol. The second-order valence-corrected chi connectivity index (χ2v) is 11.1. The van der Waals surface area contributed by atoms with Crippen molar-refractivity contribution in [3.63, 3.8) is 0 Å². The van der Waals surface area contributed by atoms with E-state index in [1.165, 1.54) is 0 Å². The van der Waals surface area contributed by atoms with Crippen molar-refractivity contribution < 1.29 is 4.57 Å². The second kappa shape index (κ2) is 9.22. The molecule has 0 saturated heterocycles. The number of anilines is 2. The van der Waals surface area contributed by atoms with Crippen LogP contribution >= 0.6 is 39.2 Å². The Morgan fingerprint density at radius 2 is 1.17 bits per heavy atom. The van der Waals surface area contributed by atoms with Gasteiger partial charge >= 0.3 is 0 Å². The summed E-state index contributed by atoms with van der Waals surface area (Å²) in [6.45, 7) is 0. The van der Waals surface area contributed by atoms with Crippen LogP contribution in [0.5, 0.6) is 0 Å². The van der Waals surface area contributed by atoms with Crippen LogP contribution in [0.3, 0.4) is 0 Å². The molecule has 30 heavy (non-hydrogen) atoms. The Balaban J connectivity index is 1.95. The van der Waals surface area contributed by atoms with Crippen LogP contribution in [0.4, 0.5) is 11.4 Å². The van der Waals surface area contributed by atoms with Gasteiger partial charge in [0.2, 0.25) is 7.29 Å². The minimum atomic E-state index is -3.27. The molecule has 0 unspecified atom stereocenters. The molecule has 0 atom stereocenters. The topological polar surface area (TPSA) is 32.3 Å². The standard InChI is InChI=1S/C24H19Br2N2OP/c25-19-9-7-11-21(17-19)27-28(22-12-8-10-20(26)18-22)30(29,23-13-3-1-4-14-23)24-15-5-2-6-16-24/h1-18,27H. The van der Waals surface area contributed by atoms with Gasteiger partial charge in [0.1, 0.15) is 0 Å². The SMILES string of the molecule is O=P(c1ccccc1)(c1ccccc1)N(Nc1cccc(Br)c1)c1cccc(Br)c1. The first-order chi connectivity index (χ1) is 14.6. The zero-order valence-electron chi connectivity index (χ0n) is 16.0. The third kappa shape index (κ3) is 4.39. The molecule has 0 aliphatic carbocycles. The third-order valence-corrected chi connectivity index (χ3v) is 8.48. The quantitative estimate of drug-likeness (QED) is 0.211. The van der Waals surface area contributed by atoms with Gasteiger partial charge in [-0.15, -0.1) is 0 Å². The lowest BCUT2D eigenvalue weighted by Gasteiger charge is -2.35.